The van der Waals surface area contributed by atoms with Gasteiger partial charge in [-0.2, -0.15) is 0 Å². The Morgan fingerprint density at radius 3 is 2.61 bits per heavy atom. The summed E-state index contributed by atoms with van der Waals surface area (Å²) in [5.41, 5.74) is 11.0. The zero-order valence-electron chi connectivity index (χ0n) is 11.6. The van der Waals surface area contributed by atoms with Crippen LogP contribution in [0.25, 0.3) is 5.57 Å². The second kappa shape index (κ2) is 5.82. The van der Waals surface area contributed by atoms with E-state index in [2.05, 4.69) is 43.1 Å². The van der Waals surface area contributed by atoms with Gasteiger partial charge in [0.25, 0.3) is 0 Å². The smallest absolute Gasteiger partial charge is 0.145 e. The van der Waals surface area contributed by atoms with Gasteiger partial charge in [0.15, 0.2) is 0 Å². The van der Waals surface area contributed by atoms with Crippen LogP contribution in [-0.4, -0.2) is 9.97 Å². The standard InChI is InChI=1S/C13H23N5/c1-5-6-9(7-17-15)10-8-16-12(14)11(18-10)13(2,3)4/h7-8,17H,5-6,15H2,1-4H3,(H2,14,16)/b9-7+. The Kier molecular flexibility index (Phi) is 4.67. The summed E-state index contributed by atoms with van der Waals surface area (Å²) in [5, 5.41) is 0. The minimum absolute atomic E-state index is 0.124. The molecular weight excluding hydrogens is 226 g/mol. The van der Waals surface area contributed by atoms with E-state index in [0.717, 1.165) is 29.8 Å². The lowest BCUT2D eigenvalue weighted by atomic mass is 9.91. The maximum absolute atomic E-state index is 5.89. The van der Waals surface area contributed by atoms with Crippen molar-refractivity contribution in [1.82, 2.24) is 15.4 Å². The van der Waals surface area contributed by atoms with E-state index in [1.807, 2.05) is 0 Å². The monoisotopic (exact) mass is 249 g/mol. The Bertz CT molecular complexity index is 431. The molecule has 0 unspecified atom stereocenters. The predicted octanol–water partition coefficient (Wildman–Crippen LogP) is 1.96. The summed E-state index contributed by atoms with van der Waals surface area (Å²) in [5.74, 6) is 5.84. The summed E-state index contributed by atoms with van der Waals surface area (Å²) in [4.78, 5) is 8.87. The fourth-order valence-corrected chi connectivity index (χ4v) is 1.75. The van der Waals surface area contributed by atoms with Crippen molar-refractivity contribution in [2.45, 2.75) is 46.0 Å². The normalized spacial score (nSPS) is 12.6. The number of hydrazine groups is 1. The third kappa shape index (κ3) is 3.43. The van der Waals surface area contributed by atoms with Crippen molar-refractivity contribution < 1.29 is 0 Å². The number of anilines is 1. The van der Waals surface area contributed by atoms with Crippen molar-refractivity contribution in [3.63, 3.8) is 0 Å². The minimum Gasteiger partial charge on any atom is -0.382 e. The van der Waals surface area contributed by atoms with Crippen molar-refractivity contribution in [3.05, 3.63) is 23.8 Å². The van der Waals surface area contributed by atoms with Crippen LogP contribution in [0.3, 0.4) is 0 Å². The van der Waals surface area contributed by atoms with Crippen molar-refractivity contribution in [2.24, 2.45) is 5.84 Å². The molecule has 5 N–H and O–H groups in total. The fourth-order valence-electron chi connectivity index (χ4n) is 1.75. The van der Waals surface area contributed by atoms with Crippen molar-refractivity contribution in [1.29, 1.82) is 0 Å². The Balaban J connectivity index is 3.22. The quantitative estimate of drug-likeness (QED) is 0.560. The molecule has 5 nitrogen and oxygen atoms in total. The first-order valence-electron chi connectivity index (χ1n) is 6.18. The molecule has 0 radical (unpaired) electrons. The topological polar surface area (TPSA) is 89.8 Å². The molecule has 0 spiro atoms. The minimum atomic E-state index is -0.124. The Morgan fingerprint density at radius 1 is 1.44 bits per heavy atom. The van der Waals surface area contributed by atoms with Crippen LogP contribution in [-0.2, 0) is 5.41 Å². The van der Waals surface area contributed by atoms with Crippen molar-refractivity contribution in [3.8, 4) is 0 Å². The molecule has 0 saturated carbocycles. The van der Waals surface area contributed by atoms with Crippen LogP contribution in [0.2, 0.25) is 0 Å². The highest BCUT2D eigenvalue weighted by Gasteiger charge is 2.20. The number of nitrogens with one attached hydrogen (secondary N) is 1. The molecule has 0 amide bonds. The summed E-state index contributed by atoms with van der Waals surface area (Å²) >= 11 is 0. The summed E-state index contributed by atoms with van der Waals surface area (Å²) in [6.07, 6.45) is 5.37. The average molecular weight is 249 g/mol. The van der Waals surface area contributed by atoms with Gasteiger partial charge in [0, 0.05) is 11.6 Å². The number of hydrogen-bond donors (Lipinski definition) is 3. The molecule has 1 aromatic heterocycles. The molecule has 0 aliphatic carbocycles. The van der Waals surface area contributed by atoms with Gasteiger partial charge in [-0.25, -0.2) is 9.97 Å². The first kappa shape index (κ1) is 14.4. The molecular formula is C13H23N5. The van der Waals surface area contributed by atoms with Gasteiger partial charge in [0.05, 0.1) is 17.6 Å². The SMILES string of the molecule is CCC/C(=C\NN)c1cnc(N)c(C(C)(C)C)n1. The number of hydrogen-bond acceptors (Lipinski definition) is 5. The molecule has 100 valence electrons. The molecule has 0 atom stereocenters. The van der Waals surface area contributed by atoms with E-state index >= 15 is 0 Å². The molecule has 0 aromatic carbocycles. The average Bonchev–Trinajstić information content (AvgIpc) is 2.28. The lowest BCUT2D eigenvalue weighted by molar-refractivity contribution is 0.567. The van der Waals surface area contributed by atoms with E-state index in [1.165, 1.54) is 0 Å². The van der Waals surface area contributed by atoms with Crippen LogP contribution in [0.15, 0.2) is 12.4 Å². The third-order valence-corrected chi connectivity index (χ3v) is 2.62. The van der Waals surface area contributed by atoms with Gasteiger partial charge in [-0.3, -0.25) is 5.84 Å². The second-order valence-electron chi connectivity index (χ2n) is 5.33. The zero-order chi connectivity index (χ0) is 13.8. The van der Waals surface area contributed by atoms with Crippen LogP contribution in [0, 0.1) is 0 Å². The van der Waals surface area contributed by atoms with E-state index in [0.29, 0.717) is 5.82 Å². The van der Waals surface area contributed by atoms with Gasteiger partial charge in [0.2, 0.25) is 0 Å². The number of rotatable bonds is 4. The van der Waals surface area contributed by atoms with Crippen LogP contribution < -0.4 is 17.0 Å². The Morgan fingerprint density at radius 2 is 2.11 bits per heavy atom. The van der Waals surface area contributed by atoms with Gasteiger partial charge in [-0.15, -0.1) is 0 Å². The number of nitrogen functional groups attached to an aromatic ring is 1. The molecule has 1 aromatic rings. The molecule has 0 aliphatic rings. The number of nitrogens with zero attached hydrogens (tertiary/aromatic N) is 2. The van der Waals surface area contributed by atoms with Crippen molar-refractivity contribution in [2.75, 3.05) is 5.73 Å². The highest BCUT2D eigenvalue weighted by atomic mass is 15.2. The van der Waals surface area contributed by atoms with E-state index in [-0.39, 0.29) is 5.41 Å². The highest BCUT2D eigenvalue weighted by Crippen LogP contribution is 2.26. The Hall–Kier alpha value is -1.62. The lowest BCUT2D eigenvalue weighted by Crippen LogP contribution is -2.19. The summed E-state index contributed by atoms with van der Waals surface area (Å²) < 4.78 is 0. The van der Waals surface area contributed by atoms with Gasteiger partial charge in [-0.1, -0.05) is 34.1 Å². The highest BCUT2D eigenvalue weighted by molar-refractivity contribution is 5.62. The molecule has 0 aliphatic heterocycles. The number of allylic oxidation sites excluding steroid dienone is 1. The predicted molar refractivity (Wildman–Crippen MR) is 75.4 cm³/mol. The second-order valence-corrected chi connectivity index (χ2v) is 5.33. The van der Waals surface area contributed by atoms with Crippen LogP contribution >= 0.6 is 0 Å². The summed E-state index contributed by atoms with van der Waals surface area (Å²) in [6.45, 7) is 8.32. The number of nitrogens with two attached hydrogens (primary N) is 2. The molecule has 0 fully saturated rings. The van der Waals surface area contributed by atoms with Crippen LogP contribution in [0.5, 0.6) is 0 Å². The molecule has 18 heavy (non-hydrogen) atoms. The van der Waals surface area contributed by atoms with E-state index in [4.69, 9.17) is 11.6 Å². The maximum Gasteiger partial charge on any atom is 0.145 e. The first-order valence-corrected chi connectivity index (χ1v) is 6.18. The molecule has 1 rings (SSSR count). The Labute approximate surface area is 109 Å². The van der Waals surface area contributed by atoms with Gasteiger partial charge < -0.3 is 11.2 Å². The van der Waals surface area contributed by atoms with E-state index in [9.17, 15) is 0 Å². The number of aromatic nitrogens is 2. The van der Waals surface area contributed by atoms with Crippen LogP contribution in [0.4, 0.5) is 5.82 Å². The molecule has 5 heteroatoms. The van der Waals surface area contributed by atoms with Gasteiger partial charge >= 0.3 is 0 Å². The van der Waals surface area contributed by atoms with E-state index < -0.39 is 0 Å². The van der Waals surface area contributed by atoms with E-state index in [1.54, 1.807) is 12.4 Å². The third-order valence-electron chi connectivity index (χ3n) is 2.62. The zero-order valence-corrected chi connectivity index (χ0v) is 11.6. The molecule has 0 saturated heterocycles. The fraction of sp³-hybridized carbons (Fsp3) is 0.538. The van der Waals surface area contributed by atoms with Crippen LogP contribution in [0.1, 0.15) is 51.9 Å². The lowest BCUT2D eigenvalue weighted by Gasteiger charge is -2.20. The summed E-state index contributed by atoms with van der Waals surface area (Å²) in [6, 6.07) is 0. The first-order chi connectivity index (χ1) is 8.40. The van der Waals surface area contributed by atoms with Gasteiger partial charge in [-0.05, 0) is 12.0 Å². The largest absolute Gasteiger partial charge is 0.382 e. The molecule has 0 bridgehead atoms. The van der Waals surface area contributed by atoms with Crippen molar-refractivity contribution >= 4 is 11.4 Å². The summed E-state index contributed by atoms with van der Waals surface area (Å²) in [7, 11) is 0. The maximum atomic E-state index is 5.89. The van der Waals surface area contributed by atoms with Gasteiger partial charge in [0.1, 0.15) is 5.82 Å². The molecule has 1 heterocycles.